The van der Waals surface area contributed by atoms with Crippen molar-refractivity contribution in [2.45, 2.75) is 100.0 Å². The van der Waals surface area contributed by atoms with E-state index in [0.29, 0.717) is 43.2 Å². The zero-order valence-corrected chi connectivity index (χ0v) is 29.0. The summed E-state index contributed by atoms with van der Waals surface area (Å²) in [5.74, 6) is -1.79. The Kier molecular flexibility index (Phi) is 9.95. The lowest BCUT2D eigenvalue weighted by Crippen LogP contribution is -2.60. The van der Waals surface area contributed by atoms with Crippen molar-refractivity contribution in [2.75, 3.05) is 13.7 Å². The van der Waals surface area contributed by atoms with Crippen LogP contribution in [0.5, 0.6) is 11.6 Å². The van der Waals surface area contributed by atoms with Gasteiger partial charge in [0.2, 0.25) is 27.7 Å². The first-order chi connectivity index (χ1) is 23.8. The molecule has 4 aliphatic rings. The summed E-state index contributed by atoms with van der Waals surface area (Å²) in [6.45, 7) is 3.50. The minimum absolute atomic E-state index is 0.0157. The molecule has 50 heavy (non-hydrogen) atoms. The fraction of sp³-hybridized carbons (Fsp3) is 0.559. The van der Waals surface area contributed by atoms with Gasteiger partial charge in [-0.1, -0.05) is 19.1 Å². The number of rotatable bonds is 8. The molecule has 1 saturated heterocycles. The van der Waals surface area contributed by atoms with Gasteiger partial charge in [0.1, 0.15) is 29.5 Å². The second-order valence-corrected chi connectivity index (χ2v) is 15.4. The number of hydrogen-bond acceptors (Lipinski definition) is 10. The Hall–Kier alpha value is -4.44. The molecule has 15 nitrogen and oxygen atoms in total. The van der Waals surface area contributed by atoms with Gasteiger partial charge in [-0.2, -0.15) is 0 Å². The highest BCUT2D eigenvalue weighted by molar-refractivity contribution is 7.91. The third-order valence-corrected chi connectivity index (χ3v) is 11.7. The Morgan fingerprint density at radius 1 is 1.20 bits per heavy atom. The lowest BCUT2D eigenvalue weighted by Gasteiger charge is -2.33. The van der Waals surface area contributed by atoms with E-state index in [1.54, 1.807) is 44.5 Å². The van der Waals surface area contributed by atoms with Crippen molar-refractivity contribution in [3.05, 3.63) is 42.6 Å². The topological polar surface area (TPSA) is 203 Å². The molecule has 1 aromatic heterocycles. The molecule has 2 saturated carbocycles. The quantitative estimate of drug-likeness (QED) is 0.292. The average molecular weight is 714 g/mol. The molecule has 2 aliphatic heterocycles. The van der Waals surface area contributed by atoms with Gasteiger partial charge in [0, 0.05) is 23.9 Å². The van der Waals surface area contributed by atoms with Gasteiger partial charge in [0.15, 0.2) is 0 Å². The van der Waals surface area contributed by atoms with E-state index >= 15 is 0 Å². The molecule has 16 heteroatoms. The molecule has 1 unspecified atom stereocenters. The first kappa shape index (κ1) is 35.4. The maximum Gasteiger partial charge on any atom is 0.405 e. The van der Waals surface area contributed by atoms with Gasteiger partial charge in [-0.25, -0.2) is 18.2 Å². The van der Waals surface area contributed by atoms with Crippen LogP contribution in [-0.2, 0) is 29.1 Å². The van der Waals surface area contributed by atoms with Crippen LogP contribution in [0.25, 0.3) is 10.8 Å². The van der Waals surface area contributed by atoms with E-state index in [9.17, 15) is 32.7 Å². The van der Waals surface area contributed by atoms with Crippen LogP contribution in [0, 0.1) is 5.92 Å². The van der Waals surface area contributed by atoms with Crippen molar-refractivity contribution < 1.29 is 46.9 Å². The summed E-state index contributed by atoms with van der Waals surface area (Å²) in [6.07, 6.45) is 4.24. The summed E-state index contributed by atoms with van der Waals surface area (Å²) in [6, 6.07) is 4.61. The Balaban J connectivity index is 1.34. The van der Waals surface area contributed by atoms with Crippen molar-refractivity contribution in [1.29, 1.82) is 0 Å². The monoisotopic (exact) mass is 713 g/mol. The number of nitrogens with zero attached hydrogens (tertiary/aromatic N) is 2. The Morgan fingerprint density at radius 3 is 2.68 bits per heavy atom. The SMILES string of the molecule is CC[C@@H]1O[C@H](C)CC/C=C\[C@@H]2CC2(C(=O)NS(=O)(=O)C2CC2)NC(=O)[C@@H]2C[C@@H](Oc3nccc4cc(OC)ccc34)CN2C(=O)[C@H]1NC(=O)O. The van der Waals surface area contributed by atoms with Crippen LogP contribution >= 0.6 is 0 Å². The van der Waals surface area contributed by atoms with Crippen LogP contribution in [0.2, 0.25) is 0 Å². The molecule has 0 bridgehead atoms. The van der Waals surface area contributed by atoms with E-state index in [-0.39, 0.29) is 31.4 Å². The molecule has 4 N–H and O–H groups in total. The number of sulfonamides is 1. The van der Waals surface area contributed by atoms with E-state index < -0.39 is 74.8 Å². The van der Waals surface area contributed by atoms with Crippen molar-refractivity contribution in [2.24, 2.45) is 5.92 Å². The van der Waals surface area contributed by atoms with Gasteiger partial charge in [0.25, 0.3) is 5.91 Å². The van der Waals surface area contributed by atoms with Crippen LogP contribution in [0.4, 0.5) is 4.79 Å². The summed E-state index contributed by atoms with van der Waals surface area (Å²) in [4.78, 5) is 59.9. The molecule has 270 valence electrons. The normalized spacial score (nSPS) is 30.9. The highest BCUT2D eigenvalue weighted by Gasteiger charge is 2.62. The van der Waals surface area contributed by atoms with Gasteiger partial charge < -0.3 is 34.9 Å². The summed E-state index contributed by atoms with van der Waals surface area (Å²) in [5, 5.41) is 15.7. The van der Waals surface area contributed by atoms with Crippen LogP contribution < -0.4 is 24.8 Å². The van der Waals surface area contributed by atoms with Crippen molar-refractivity contribution in [3.8, 4) is 11.6 Å². The fourth-order valence-electron chi connectivity index (χ4n) is 6.84. The lowest BCUT2D eigenvalue weighted by molar-refractivity contribution is -0.145. The first-order valence-electron chi connectivity index (χ1n) is 16.9. The predicted molar refractivity (Wildman–Crippen MR) is 180 cm³/mol. The summed E-state index contributed by atoms with van der Waals surface area (Å²) in [5.41, 5.74) is -1.55. The summed E-state index contributed by atoms with van der Waals surface area (Å²) < 4.78 is 45.6. The summed E-state index contributed by atoms with van der Waals surface area (Å²) in [7, 11) is -2.35. The number of carbonyl (C=O) groups excluding carboxylic acids is 3. The number of carbonyl (C=O) groups is 4. The number of fused-ring (bicyclic) bond motifs is 3. The third-order valence-electron chi connectivity index (χ3n) is 9.86. The number of benzene rings is 1. The van der Waals surface area contributed by atoms with Gasteiger partial charge in [-0.3, -0.25) is 19.1 Å². The zero-order chi connectivity index (χ0) is 35.8. The number of aromatic nitrogens is 1. The number of ether oxygens (including phenoxy) is 3. The van der Waals surface area contributed by atoms with E-state index in [1.807, 2.05) is 19.1 Å². The number of allylic oxidation sites excluding steroid dienone is 1. The molecule has 3 heterocycles. The molecular formula is C34H43N5O10S. The Morgan fingerprint density at radius 2 is 1.98 bits per heavy atom. The van der Waals surface area contributed by atoms with Crippen molar-refractivity contribution in [1.82, 2.24) is 25.2 Å². The predicted octanol–water partition coefficient (Wildman–Crippen LogP) is 2.24. The summed E-state index contributed by atoms with van der Waals surface area (Å²) >= 11 is 0. The van der Waals surface area contributed by atoms with Gasteiger partial charge >= 0.3 is 6.09 Å². The number of nitrogens with one attached hydrogen (secondary N) is 3. The fourth-order valence-corrected chi connectivity index (χ4v) is 8.21. The number of pyridine rings is 1. The largest absolute Gasteiger partial charge is 0.497 e. The Bertz CT molecular complexity index is 1800. The number of hydrogen-bond donors (Lipinski definition) is 4. The van der Waals surface area contributed by atoms with Crippen LogP contribution in [0.1, 0.15) is 58.8 Å². The standard InChI is InChI=1S/C34H43N5O10S/c1-4-27-28(36-33(43)44)31(41)39-18-23(49-30-25-12-9-22(47-3)15-20(25)13-14-35-30)16-26(39)29(40)37-34(32(42)38-50(45,46)24-10-11-24)17-21(34)8-6-5-7-19(2)48-27/h6,8-9,12-15,19,21,23-24,26-28,36H,4-5,7,10-11,16-18H2,1-3H3,(H,37,40)(H,38,42)(H,43,44)/b8-6-/t19-,21-,23-,26+,27+,28+,34?/m1/s1. The minimum Gasteiger partial charge on any atom is -0.497 e. The maximum atomic E-state index is 14.4. The Labute approximate surface area is 290 Å². The number of methoxy groups -OCH3 is 1. The van der Waals surface area contributed by atoms with Crippen LogP contribution in [0.15, 0.2) is 42.6 Å². The molecule has 7 atom stereocenters. The van der Waals surface area contributed by atoms with E-state index in [0.717, 1.165) is 5.39 Å². The van der Waals surface area contributed by atoms with Crippen LogP contribution in [-0.4, -0.2) is 102 Å². The smallest absolute Gasteiger partial charge is 0.405 e. The van der Waals surface area contributed by atoms with Crippen LogP contribution in [0.3, 0.4) is 0 Å². The number of carboxylic acid groups (broad SMARTS) is 1. The molecule has 4 amide bonds. The maximum absolute atomic E-state index is 14.4. The average Bonchev–Trinajstić information content (AvgIpc) is 4.01. The highest BCUT2D eigenvalue weighted by Crippen LogP contribution is 2.46. The number of amides is 4. The zero-order valence-electron chi connectivity index (χ0n) is 28.2. The van der Waals surface area contributed by atoms with Crippen molar-refractivity contribution >= 4 is 44.6 Å². The molecule has 0 spiro atoms. The second-order valence-electron chi connectivity index (χ2n) is 13.5. The molecule has 2 aliphatic carbocycles. The molecule has 3 fully saturated rings. The molecule has 6 rings (SSSR count). The van der Waals surface area contributed by atoms with E-state index in [1.165, 1.54) is 4.90 Å². The minimum atomic E-state index is -3.91. The van der Waals surface area contributed by atoms with E-state index in [4.69, 9.17) is 14.2 Å². The molecule has 2 aromatic rings. The lowest BCUT2D eigenvalue weighted by atomic mass is 10.0. The van der Waals surface area contributed by atoms with Gasteiger partial charge in [-0.05, 0) is 75.1 Å². The third kappa shape index (κ3) is 7.36. The first-order valence-corrected chi connectivity index (χ1v) is 18.5. The van der Waals surface area contributed by atoms with E-state index in [2.05, 4.69) is 20.3 Å². The van der Waals surface area contributed by atoms with Gasteiger partial charge in [0.05, 0.1) is 31.1 Å². The molecule has 0 radical (unpaired) electrons. The van der Waals surface area contributed by atoms with Gasteiger partial charge in [-0.15, -0.1) is 0 Å². The van der Waals surface area contributed by atoms with Crippen molar-refractivity contribution in [3.63, 3.8) is 0 Å². The molecule has 1 aromatic carbocycles. The highest BCUT2D eigenvalue weighted by atomic mass is 32.2. The second kappa shape index (κ2) is 14.1. The molecular weight excluding hydrogens is 670 g/mol.